The van der Waals surface area contributed by atoms with E-state index in [9.17, 15) is 15.0 Å². The van der Waals surface area contributed by atoms with Gasteiger partial charge in [0.15, 0.2) is 12.6 Å². The summed E-state index contributed by atoms with van der Waals surface area (Å²) in [6, 6.07) is 0. The third kappa shape index (κ3) is 11.4. The second-order valence-corrected chi connectivity index (χ2v) is 13.1. The van der Waals surface area contributed by atoms with E-state index in [1.165, 1.54) is 20.0 Å². The monoisotopic (exact) mass is 582 g/mol. The van der Waals surface area contributed by atoms with E-state index in [1.54, 1.807) is 6.08 Å². The minimum absolute atomic E-state index is 0.0636. The van der Waals surface area contributed by atoms with E-state index in [0.29, 0.717) is 18.9 Å². The molecule has 8 nitrogen and oxygen atoms in total. The van der Waals surface area contributed by atoms with Gasteiger partial charge in [0, 0.05) is 13.0 Å². The van der Waals surface area contributed by atoms with Crippen LogP contribution in [0, 0.1) is 17.3 Å². The summed E-state index contributed by atoms with van der Waals surface area (Å²) in [6.45, 7) is 8.29. The van der Waals surface area contributed by atoms with Crippen LogP contribution in [0.3, 0.4) is 0 Å². The van der Waals surface area contributed by atoms with Crippen LogP contribution < -0.4 is 0 Å². The van der Waals surface area contributed by atoms with Crippen LogP contribution in [0.5, 0.6) is 0 Å². The Labute approximate surface area is 248 Å². The highest BCUT2D eigenvalue weighted by molar-refractivity contribution is 5.86. The van der Waals surface area contributed by atoms with Crippen molar-refractivity contribution in [2.24, 2.45) is 17.3 Å². The Kier molecular flexibility index (Phi) is 14.9. The zero-order valence-corrected chi connectivity index (χ0v) is 26.2. The van der Waals surface area contributed by atoms with Crippen LogP contribution in [0.15, 0.2) is 11.8 Å². The van der Waals surface area contributed by atoms with Gasteiger partial charge in [0.05, 0.1) is 32.0 Å². The molecule has 0 aromatic heterocycles. The zero-order chi connectivity index (χ0) is 29.7. The molecule has 0 spiro atoms. The van der Waals surface area contributed by atoms with Gasteiger partial charge < -0.3 is 33.9 Å². The molecule has 0 radical (unpaired) electrons. The van der Waals surface area contributed by atoms with Crippen LogP contribution in [0.2, 0.25) is 0 Å². The number of unbranched alkanes of at least 4 members (excludes halogenated alkanes) is 1. The number of ether oxygens (including phenoxy) is 5. The molecule has 3 aliphatic rings. The number of methoxy groups -OCH3 is 1. The van der Waals surface area contributed by atoms with Crippen molar-refractivity contribution in [3.05, 3.63) is 11.8 Å². The lowest BCUT2D eigenvalue weighted by Gasteiger charge is -2.38. The van der Waals surface area contributed by atoms with Gasteiger partial charge in [-0.15, -0.1) is 0 Å². The molecule has 1 aliphatic carbocycles. The van der Waals surface area contributed by atoms with Crippen molar-refractivity contribution in [1.29, 1.82) is 0 Å². The Morgan fingerprint density at radius 1 is 1.00 bits per heavy atom. The minimum atomic E-state index is -0.633. The molecular formula is C33H58O8. The molecule has 0 amide bonds. The van der Waals surface area contributed by atoms with E-state index in [4.69, 9.17) is 23.7 Å². The molecule has 8 heteroatoms. The predicted octanol–water partition coefficient (Wildman–Crippen LogP) is 6.41. The Bertz CT molecular complexity index is 771. The second kappa shape index (κ2) is 17.8. The highest BCUT2D eigenvalue weighted by atomic mass is 16.7. The van der Waals surface area contributed by atoms with E-state index in [2.05, 4.69) is 20.8 Å². The van der Waals surface area contributed by atoms with Gasteiger partial charge in [0.25, 0.3) is 0 Å². The van der Waals surface area contributed by atoms with Gasteiger partial charge in [-0.05, 0) is 107 Å². The summed E-state index contributed by atoms with van der Waals surface area (Å²) in [5.41, 5.74) is 0.0636. The molecule has 0 aromatic carbocycles. The number of hydrogen-bond acceptors (Lipinski definition) is 8. The van der Waals surface area contributed by atoms with Crippen molar-refractivity contribution in [2.45, 2.75) is 154 Å². The number of carbonyl (C=O) groups excluding carboxylic acids is 1. The molecule has 2 N–H and O–H groups in total. The summed E-state index contributed by atoms with van der Waals surface area (Å²) in [5.74, 6) is 0.0993. The van der Waals surface area contributed by atoms with Crippen LogP contribution in [0.1, 0.15) is 124 Å². The molecule has 3 rings (SSSR count). The van der Waals surface area contributed by atoms with Crippen LogP contribution in [-0.4, -0.2) is 67.4 Å². The van der Waals surface area contributed by atoms with E-state index >= 15 is 0 Å². The summed E-state index contributed by atoms with van der Waals surface area (Å²) in [5, 5.41) is 21.6. The number of esters is 1. The largest absolute Gasteiger partial charge is 0.463 e. The molecule has 1 saturated carbocycles. The Morgan fingerprint density at radius 2 is 1.71 bits per heavy atom. The predicted molar refractivity (Wildman–Crippen MR) is 158 cm³/mol. The number of aliphatic hydroxyl groups is 2. The quantitative estimate of drug-likeness (QED) is 0.115. The van der Waals surface area contributed by atoms with E-state index in [-0.39, 0.29) is 42.0 Å². The average Bonchev–Trinajstić information content (AvgIpc) is 3.34. The van der Waals surface area contributed by atoms with Crippen molar-refractivity contribution in [1.82, 2.24) is 0 Å². The normalized spacial score (nSPS) is 29.2. The van der Waals surface area contributed by atoms with Crippen LogP contribution in [-0.2, 0) is 28.5 Å². The maximum Gasteiger partial charge on any atom is 0.373 e. The van der Waals surface area contributed by atoms with Gasteiger partial charge in [0.2, 0.25) is 5.76 Å². The summed E-state index contributed by atoms with van der Waals surface area (Å²) in [6.07, 6.45) is 15.0. The summed E-state index contributed by atoms with van der Waals surface area (Å²) in [7, 11) is 1.32. The molecule has 4 unspecified atom stereocenters. The second-order valence-electron chi connectivity index (χ2n) is 13.1. The van der Waals surface area contributed by atoms with Crippen LogP contribution >= 0.6 is 0 Å². The maximum atomic E-state index is 12.2. The molecule has 0 aromatic rings. The van der Waals surface area contributed by atoms with Gasteiger partial charge in [-0.2, -0.15) is 0 Å². The molecule has 0 bridgehead atoms. The smallest absolute Gasteiger partial charge is 0.373 e. The van der Waals surface area contributed by atoms with Gasteiger partial charge in [-0.3, -0.25) is 0 Å². The molecule has 7 atom stereocenters. The summed E-state index contributed by atoms with van der Waals surface area (Å²) in [4.78, 5) is 12.2. The van der Waals surface area contributed by atoms with Crippen LogP contribution in [0.25, 0.3) is 0 Å². The first-order valence-corrected chi connectivity index (χ1v) is 16.4. The van der Waals surface area contributed by atoms with Gasteiger partial charge >= 0.3 is 5.97 Å². The fourth-order valence-corrected chi connectivity index (χ4v) is 6.69. The van der Waals surface area contributed by atoms with Gasteiger partial charge in [0.1, 0.15) is 0 Å². The van der Waals surface area contributed by atoms with Crippen molar-refractivity contribution >= 4 is 5.97 Å². The Hall–Kier alpha value is -1.19. The first-order valence-electron chi connectivity index (χ1n) is 16.4. The van der Waals surface area contributed by atoms with E-state index < -0.39 is 18.4 Å². The number of hydrogen-bond donors (Lipinski definition) is 2. The number of aliphatic hydroxyl groups excluding tert-OH is 2. The lowest BCUT2D eigenvalue weighted by atomic mass is 9.77. The standard InChI is InChI=1S/C33H58O8/c1-5-6-21-33(2,3)29(41-31-12-8-10-23-39-31)20-14-24-13-18-27(35)26(24)17-15-25(34)16-19-28(32(36)37-4)40-30-11-7-9-22-38-30/h19,24-27,29-31,34-35H,5-18,20-23H2,1-4H3/t24-,25?,26-,27+,29?,30?,31?/m1/s1. The van der Waals surface area contributed by atoms with E-state index in [0.717, 1.165) is 83.7 Å². The van der Waals surface area contributed by atoms with Crippen molar-refractivity contribution in [3.63, 3.8) is 0 Å². The molecule has 238 valence electrons. The highest BCUT2D eigenvalue weighted by Gasteiger charge is 2.38. The molecular weight excluding hydrogens is 524 g/mol. The fraction of sp³-hybridized carbons (Fsp3) is 0.909. The molecule has 41 heavy (non-hydrogen) atoms. The lowest BCUT2D eigenvalue weighted by molar-refractivity contribution is -0.212. The average molecular weight is 583 g/mol. The first kappa shape index (κ1) is 34.3. The maximum absolute atomic E-state index is 12.2. The summed E-state index contributed by atoms with van der Waals surface area (Å²) >= 11 is 0. The molecule has 2 aliphatic heterocycles. The van der Waals surface area contributed by atoms with Crippen molar-refractivity contribution < 1.29 is 38.7 Å². The van der Waals surface area contributed by atoms with Crippen molar-refractivity contribution in [2.75, 3.05) is 20.3 Å². The SMILES string of the molecule is CCCCC(C)(C)C(CC[C@H]1CC[C@H](O)[C@@H]1CCC(O)CC=C(OC1CCCCO1)C(=O)OC)OC1CCCCO1. The molecule has 2 heterocycles. The molecule has 3 fully saturated rings. The fourth-order valence-electron chi connectivity index (χ4n) is 6.69. The lowest BCUT2D eigenvalue weighted by Crippen LogP contribution is -2.38. The first-order chi connectivity index (χ1) is 19.7. The third-order valence-corrected chi connectivity index (χ3v) is 9.42. The summed E-state index contributed by atoms with van der Waals surface area (Å²) < 4.78 is 28.8. The Balaban J connectivity index is 1.53. The van der Waals surface area contributed by atoms with Crippen molar-refractivity contribution in [3.8, 4) is 0 Å². The molecule has 2 saturated heterocycles. The number of carbonyl (C=O) groups is 1. The number of rotatable bonds is 17. The highest BCUT2D eigenvalue weighted by Crippen LogP contribution is 2.42. The minimum Gasteiger partial charge on any atom is -0.463 e. The zero-order valence-electron chi connectivity index (χ0n) is 26.2. The Morgan fingerprint density at radius 3 is 2.34 bits per heavy atom. The van der Waals surface area contributed by atoms with Gasteiger partial charge in [-0.25, -0.2) is 4.79 Å². The topological polar surface area (TPSA) is 104 Å². The van der Waals surface area contributed by atoms with Crippen LogP contribution in [0.4, 0.5) is 0 Å². The third-order valence-electron chi connectivity index (χ3n) is 9.42. The van der Waals surface area contributed by atoms with E-state index in [1.807, 2.05) is 0 Å². The van der Waals surface area contributed by atoms with Gasteiger partial charge in [-0.1, -0.05) is 33.6 Å².